The van der Waals surface area contributed by atoms with E-state index in [0.717, 1.165) is 12.3 Å². The van der Waals surface area contributed by atoms with Gasteiger partial charge in [0.2, 0.25) is 0 Å². The van der Waals surface area contributed by atoms with Gasteiger partial charge in [0.25, 0.3) is 0 Å². The number of pyridine rings is 1. The Morgan fingerprint density at radius 1 is 1.00 bits per heavy atom. The molecule has 3 rings (SSSR count). The van der Waals surface area contributed by atoms with Gasteiger partial charge >= 0.3 is 6.18 Å². The van der Waals surface area contributed by atoms with Crippen LogP contribution in [0.15, 0.2) is 48.9 Å². The van der Waals surface area contributed by atoms with E-state index in [2.05, 4.69) is 10.1 Å². The molecule has 0 spiro atoms. The van der Waals surface area contributed by atoms with Gasteiger partial charge in [-0.2, -0.15) is 18.3 Å². The van der Waals surface area contributed by atoms with Crippen molar-refractivity contribution >= 4 is 23.2 Å². The van der Waals surface area contributed by atoms with Crippen molar-refractivity contribution in [3.63, 3.8) is 0 Å². The lowest BCUT2D eigenvalue weighted by molar-refractivity contribution is -0.137. The van der Waals surface area contributed by atoms with Crippen LogP contribution in [0, 0.1) is 0 Å². The van der Waals surface area contributed by atoms with Gasteiger partial charge in [0.05, 0.1) is 33.2 Å². The van der Waals surface area contributed by atoms with Crippen molar-refractivity contribution in [2.24, 2.45) is 0 Å². The standard InChI is InChI=1S/C15H8Cl2F3N3/c16-11-3-1-2-4-13(11)23-8-9(6-22-23)14-12(17)5-10(7-21-14)15(18,19)20/h1-8H. The minimum atomic E-state index is -4.49. The molecular formula is C15H8Cl2F3N3. The largest absolute Gasteiger partial charge is 0.417 e. The molecule has 0 N–H and O–H groups in total. The Morgan fingerprint density at radius 2 is 1.74 bits per heavy atom. The van der Waals surface area contributed by atoms with E-state index in [1.165, 1.54) is 10.9 Å². The van der Waals surface area contributed by atoms with Gasteiger partial charge in [0.1, 0.15) is 0 Å². The third kappa shape index (κ3) is 3.18. The first-order valence-electron chi connectivity index (χ1n) is 6.39. The summed E-state index contributed by atoms with van der Waals surface area (Å²) in [6.07, 6.45) is -0.682. The van der Waals surface area contributed by atoms with Gasteiger partial charge in [0.15, 0.2) is 0 Å². The Labute approximate surface area is 139 Å². The summed E-state index contributed by atoms with van der Waals surface area (Å²) < 4.78 is 39.4. The summed E-state index contributed by atoms with van der Waals surface area (Å²) in [4.78, 5) is 3.81. The van der Waals surface area contributed by atoms with Crippen LogP contribution in [0.3, 0.4) is 0 Å². The quantitative estimate of drug-likeness (QED) is 0.626. The topological polar surface area (TPSA) is 30.7 Å². The molecule has 0 atom stereocenters. The van der Waals surface area contributed by atoms with Crippen LogP contribution in [-0.2, 0) is 6.18 Å². The van der Waals surface area contributed by atoms with Crippen molar-refractivity contribution in [2.45, 2.75) is 6.18 Å². The second-order valence-corrected chi connectivity index (χ2v) is 5.49. The molecule has 0 bridgehead atoms. The maximum absolute atomic E-state index is 12.6. The Balaban J connectivity index is 2.00. The van der Waals surface area contributed by atoms with Crippen molar-refractivity contribution in [3.05, 3.63) is 64.5 Å². The number of rotatable bonds is 2. The first-order chi connectivity index (χ1) is 10.9. The molecule has 3 aromatic rings. The molecule has 0 aliphatic carbocycles. The van der Waals surface area contributed by atoms with Gasteiger partial charge in [-0.05, 0) is 18.2 Å². The molecule has 0 aliphatic rings. The molecule has 0 saturated heterocycles. The molecular weight excluding hydrogens is 350 g/mol. The molecule has 0 fully saturated rings. The van der Waals surface area contributed by atoms with Gasteiger partial charge in [-0.3, -0.25) is 4.98 Å². The van der Waals surface area contributed by atoms with E-state index >= 15 is 0 Å². The molecule has 0 aliphatic heterocycles. The molecule has 23 heavy (non-hydrogen) atoms. The average Bonchev–Trinajstić information content (AvgIpc) is 2.96. The smallest absolute Gasteiger partial charge is 0.254 e. The number of nitrogens with zero attached hydrogens (tertiary/aromatic N) is 3. The zero-order chi connectivity index (χ0) is 16.6. The maximum Gasteiger partial charge on any atom is 0.417 e. The molecule has 3 nitrogen and oxygen atoms in total. The normalized spacial score (nSPS) is 11.7. The van der Waals surface area contributed by atoms with Gasteiger partial charge in [-0.15, -0.1) is 0 Å². The average molecular weight is 358 g/mol. The van der Waals surface area contributed by atoms with Crippen molar-refractivity contribution in [1.82, 2.24) is 14.8 Å². The van der Waals surface area contributed by atoms with E-state index in [-0.39, 0.29) is 10.7 Å². The van der Waals surface area contributed by atoms with Crippen LogP contribution in [0.5, 0.6) is 0 Å². The summed E-state index contributed by atoms with van der Waals surface area (Å²) >= 11 is 12.0. The number of hydrogen-bond acceptors (Lipinski definition) is 2. The van der Waals surface area contributed by atoms with Crippen LogP contribution < -0.4 is 0 Å². The van der Waals surface area contributed by atoms with Crippen LogP contribution in [0.4, 0.5) is 13.2 Å². The molecule has 0 unspecified atom stereocenters. The highest BCUT2D eigenvalue weighted by Crippen LogP contribution is 2.34. The van der Waals surface area contributed by atoms with Gasteiger partial charge in [-0.25, -0.2) is 4.68 Å². The Morgan fingerprint density at radius 3 is 2.39 bits per heavy atom. The number of alkyl halides is 3. The first kappa shape index (κ1) is 15.8. The van der Waals surface area contributed by atoms with Crippen LogP contribution in [0.2, 0.25) is 10.0 Å². The lowest BCUT2D eigenvalue weighted by atomic mass is 10.2. The Kier molecular flexibility index (Phi) is 4.04. The molecule has 0 amide bonds. The highest BCUT2D eigenvalue weighted by Gasteiger charge is 2.31. The summed E-state index contributed by atoms with van der Waals surface area (Å²) in [5, 5.41) is 4.54. The van der Waals surface area contributed by atoms with Crippen molar-refractivity contribution in [2.75, 3.05) is 0 Å². The lowest BCUT2D eigenvalue weighted by Crippen LogP contribution is -2.05. The highest BCUT2D eigenvalue weighted by atomic mass is 35.5. The third-order valence-corrected chi connectivity index (χ3v) is 3.73. The first-order valence-corrected chi connectivity index (χ1v) is 7.14. The fourth-order valence-corrected chi connectivity index (χ4v) is 2.52. The SMILES string of the molecule is FC(F)(F)c1cnc(-c2cnn(-c3ccccc3Cl)c2)c(Cl)c1. The van der Waals surface area contributed by atoms with Crippen molar-refractivity contribution in [1.29, 1.82) is 0 Å². The van der Waals surface area contributed by atoms with Crippen LogP contribution >= 0.6 is 23.2 Å². The fourth-order valence-electron chi connectivity index (χ4n) is 2.02. The summed E-state index contributed by atoms with van der Waals surface area (Å²) in [5.41, 5.74) is 0.454. The molecule has 1 aromatic carbocycles. The van der Waals surface area contributed by atoms with Gasteiger partial charge < -0.3 is 0 Å². The van der Waals surface area contributed by atoms with E-state index in [4.69, 9.17) is 23.2 Å². The van der Waals surface area contributed by atoms with Crippen LogP contribution in [0.25, 0.3) is 16.9 Å². The van der Waals surface area contributed by atoms with Crippen LogP contribution in [0.1, 0.15) is 5.56 Å². The molecule has 0 saturated carbocycles. The van der Waals surface area contributed by atoms with E-state index in [1.807, 2.05) is 0 Å². The van der Waals surface area contributed by atoms with E-state index in [0.29, 0.717) is 16.3 Å². The minimum Gasteiger partial charge on any atom is -0.254 e. The summed E-state index contributed by atoms with van der Waals surface area (Å²) in [6.45, 7) is 0. The molecule has 8 heteroatoms. The van der Waals surface area contributed by atoms with Crippen LogP contribution in [-0.4, -0.2) is 14.8 Å². The second kappa shape index (κ2) is 5.86. The lowest BCUT2D eigenvalue weighted by Gasteiger charge is -2.08. The van der Waals surface area contributed by atoms with Crippen molar-refractivity contribution < 1.29 is 13.2 Å². The second-order valence-electron chi connectivity index (χ2n) is 4.68. The zero-order valence-electron chi connectivity index (χ0n) is 11.4. The monoisotopic (exact) mass is 357 g/mol. The third-order valence-electron chi connectivity index (χ3n) is 3.12. The number of hydrogen-bond donors (Lipinski definition) is 0. The summed E-state index contributed by atoms with van der Waals surface area (Å²) in [5.74, 6) is 0. The number of para-hydroxylation sites is 1. The zero-order valence-corrected chi connectivity index (χ0v) is 12.9. The van der Waals surface area contributed by atoms with Gasteiger partial charge in [-0.1, -0.05) is 35.3 Å². The minimum absolute atomic E-state index is 0.0986. The number of halogens is 5. The summed E-state index contributed by atoms with van der Waals surface area (Å²) in [6, 6.07) is 7.90. The highest BCUT2D eigenvalue weighted by molar-refractivity contribution is 6.33. The molecule has 2 aromatic heterocycles. The Hall–Kier alpha value is -2.05. The molecule has 118 valence electrons. The van der Waals surface area contributed by atoms with E-state index in [9.17, 15) is 13.2 Å². The van der Waals surface area contributed by atoms with E-state index < -0.39 is 11.7 Å². The predicted molar refractivity (Wildman–Crippen MR) is 81.8 cm³/mol. The molecule has 2 heterocycles. The fraction of sp³-hybridized carbons (Fsp3) is 0.0667. The Bertz CT molecular complexity index is 859. The van der Waals surface area contributed by atoms with Crippen molar-refractivity contribution in [3.8, 4) is 16.9 Å². The maximum atomic E-state index is 12.6. The number of benzene rings is 1. The molecule has 0 radical (unpaired) electrons. The van der Waals surface area contributed by atoms with Gasteiger partial charge in [0, 0.05) is 18.0 Å². The number of aromatic nitrogens is 3. The van der Waals surface area contributed by atoms with E-state index in [1.54, 1.807) is 30.5 Å². The predicted octanol–water partition coefficient (Wildman–Crippen LogP) is 5.26. The summed E-state index contributed by atoms with van der Waals surface area (Å²) in [7, 11) is 0.